The molecule has 0 aliphatic rings. The van der Waals surface area contributed by atoms with E-state index in [1.165, 1.54) is 6.20 Å². The Bertz CT molecular complexity index is 772. The number of nitrogens with zero attached hydrogens (tertiary/aromatic N) is 1. The maximum absolute atomic E-state index is 12.5. The van der Waals surface area contributed by atoms with Crippen LogP contribution in [0.2, 0.25) is 0 Å². The van der Waals surface area contributed by atoms with Crippen LogP contribution in [0.5, 0.6) is 0 Å². The molecular formula is C19H21N3O3. The summed E-state index contributed by atoms with van der Waals surface area (Å²) >= 11 is 0. The van der Waals surface area contributed by atoms with Crippen molar-refractivity contribution in [3.8, 4) is 0 Å². The second kappa shape index (κ2) is 8.19. The SMILES string of the molecule is CC(C)[C@@H](NC(=O)c1ncccc1CC(=O)c1ccccc1)C(N)=O. The van der Waals surface area contributed by atoms with Gasteiger partial charge in [0, 0.05) is 18.2 Å². The fraction of sp³-hybridized carbons (Fsp3) is 0.263. The minimum Gasteiger partial charge on any atom is -0.368 e. The lowest BCUT2D eigenvalue weighted by atomic mass is 10.0. The number of primary amides is 1. The van der Waals surface area contributed by atoms with Gasteiger partial charge >= 0.3 is 0 Å². The molecule has 0 saturated heterocycles. The zero-order valence-corrected chi connectivity index (χ0v) is 14.2. The minimum atomic E-state index is -0.799. The first-order valence-electron chi connectivity index (χ1n) is 8.02. The van der Waals surface area contributed by atoms with Crippen LogP contribution in [-0.4, -0.2) is 28.6 Å². The third kappa shape index (κ3) is 4.73. The monoisotopic (exact) mass is 339 g/mol. The highest BCUT2D eigenvalue weighted by atomic mass is 16.2. The predicted molar refractivity (Wildman–Crippen MR) is 94.0 cm³/mol. The fourth-order valence-corrected chi connectivity index (χ4v) is 2.46. The van der Waals surface area contributed by atoms with Crippen LogP contribution in [0, 0.1) is 5.92 Å². The summed E-state index contributed by atoms with van der Waals surface area (Å²) in [6, 6.07) is 11.4. The smallest absolute Gasteiger partial charge is 0.270 e. The quantitative estimate of drug-likeness (QED) is 0.750. The average Bonchev–Trinajstić information content (AvgIpc) is 2.60. The largest absolute Gasteiger partial charge is 0.368 e. The molecule has 0 unspecified atom stereocenters. The summed E-state index contributed by atoms with van der Waals surface area (Å²) in [7, 11) is 0. The molecule has 25 heavy (non-hydrogen) atoms. The number of aromatic nitrogens is 1. The number of hydrogen-bond donors (Lipinski definition) is 2. The Labute approximate surface area is 146 Å². The van der Waals surface area contributed by atoms with E-state index in [4.69, 9.17) is 5.73 Å². The number of hydrogen-bond acceptors (Lipinski definition) is 4. The number of carbonyl (C=O) groups is 3. The number of Topliss-reactive ketones (excluding diaryl/α,β-unsaturated/α-hetero) is 1. The Morgan fingerprint density at radius 1 is 1.08 bits per heavy atom. The Morgan fingerprint density at radius 3 is 2.36 bits per heavy atom. The maximum atomic E-state index is 12.5. The summed E-state index contributed by atoms with van der Waals surface area (Å²) in [6.07, 6.45) is 1.52. The van der Waals surface area contributed by atoms with Crippen LogP contribution in [0.3, 0.4) is 0 Å². The van der Waals surface area contributed by atoms with Crippen LogP contribution in [0.15, 0.2) is 48.7 Å². The van der Waals surface area contributed by atoms with E-state index in [2.05, 4.69) is 10.3 Å². The second-order valence-corrected chi connectivity index (χ2v) is 6.07. The predicted octanol–water partition coefficient (Wildman–Crippen LogP) is 1.75. The summed E-state index contributed by atoms with van der Waals surface area (Å²) in [6.45, 7) is 3.57. The molecule has 130 valence electrons. The third-order valence-corrected chi connectivity index (χ3v) is 3.81. The lowest BCUT2D eigenvalue weighted by molar-refractivity contribution is -0.120. The van der Waals surface area contributed by atoms with Crippen molar-refractivity contribution < 1.29 is 14.4 Å². The van der Waals surface area contributed by atoms with E-state index < -0.39 is 17.9 Å². The second-order valence-electron chi connectivity index (χ2n) is 6.07. The molecule has 6 heteroatoms. The number of rotatable bonds is 7. The van der Waals surface area contributed by atoms with Gasteiger partial charge in [-0.2, -0.15) is 0 Å². The average molecular weight is 339 g/mol. The van der Waals surface area contributed by atoms with Gasteiger partial charge in [-0.3, -0.25) is 19.4 Å². The summed E-state index contributed by atoms with van der Waals surface area (Å²) in [5.74, 6) is -1.40. The van der Waals surface area contributed by atoms with Crippen molar-refractivity contribution in [2.24, 2.45) is 11.7 Å². The molecule has 2 aromatic rings. The van der Waals surface area contributed by atoms with Gasteiger partial charge in [0.25, 0.3) is 5.91 Å². The van der Waals surface area contributed by atoms with Crippen molar-refractivity contribution in [2.75, 3.05) is 0 Å². The van der Waals surface area contributed by atoms with Gasteiger partial charge in [0.1, 0.15) is 11.7 Å². The molecule has 1 aromatic carbocycles. The van der Waals surface area contributed by atoms with E-state index in [9.17, 15) is 14.4 Å². The molecule has 1 atom stereocenters. The van der Waals surface area contributed by atoms with Crippen molar-refractivity contribution in [1.82, 2.24) is 10.3 Å². The molecule has 0 aliphatic carbocycles. The first-order chi connectivity index (χ1) is 11.9. The van der Waals surface area contributed by atoms with Gasteiger partial charge in [-0.15, -0.1) is 0 Å². The molecule has 6 nitrogen and oxygen atoms in total. The van der Waals surface area contributed by atoms with E-state index in [0.29, 0.717) is 11.1 Å². The molecule has 0 spiro atoms. The van der Waals surface area contributed by atoms with Crippen molar-refractivity contribution in [1.29, 1.82) is 0 Å². The Kier molecular flexibility index (Phi) is 6.00. The fourth-order valence-electron chi connectivity index (χ4n) is 2.46. The Morgan fingerprint density at radius 2 is 1.76 bits per heavy atom. The number of carbonyl (C=O) groups excluding carboxylic acids is 3. The standard InChI is InChI=1S/C19H21N3O3/c1-12(2)16(18(20)24)22-19(25)17-14(9-6-10-21-17)11-15(23)13-7-4-3-5-8-13/h3-10,12,16H,11H2,1-2H3,(H2,20,24)(H,22,25)/t16-/m1/s1. The Balaban J connectivity index is 2.21. The van der Waals surface area contributed by atoms with E-state index >= 15 is 0 Å². The number of benzene rings is 1. The highest BCUT2D eigenvalue weighted by Crippen LogP contribution is 2.12. The number of nitrogens with two attached hydrogens (primary N) is 1. The first kappa shape index (κ1) is 18.3. The van der Waals surface area contributed by atoms with Crippen molar-refractivity contribution in [2.45, 2.75) is 26.3 Å². The molecule has 1 aromatic heterocycles. The van der Waals surface area contributed by atoms with Gasteiger partial charge in [-0.25, -0.2) is 0 Å². The van der Waals surface area contributed by atoms with Gasteiger partial charge in [0.15, 0.2) is 5.78 Å². The van der Waals surface area contributed by atoms with Crippen molar-refractivity contribution >= 4 is 17.6 Å². The summed E-state index contributed by atoms with van der Waals surface area (Å²) in [5, 5.41) is 2.60. The van der Waals surface area contributed by atoms with Crippen LogP contribution in [0.4, 0.5) is 0 Å². The van der Waals surface area contributed by atoms with E-state index in [-0.39, 0.29) is 23.8 Å². The molecule has 0 aliphatic heterocycles. The molecule has 1 heterocycles. The molecule has 0 fully saturated rings. The van der Waals surface area contributed by atoms with Crippen LogP contribution in [0.25, 0.3) is 0 Å². The van der Waals surface area contributed by atoms with Gasteiger partial charge in [-0.1, -0.05) is 50.2 Å². The molecule has 2 rings (SSSR count). The number of nitrogens with one attached hydrogen (secondary N) is 1. The van der Waals surface area contributed by atoms with Crippen molar-refractivity contribution in [3.05, 3.63) is 65.5 Å². The van der Waals surface area contributed by atoms with Crippen LogP contribution in [0.1, 0.15) is 40.3 Å². The third-order valence-electron chi connectivity index (χ3n) is 3.81. The van der Waals surface area contributed by atoms with Gasteiger partial charge < -0.3 is 11.1 Å². The van der Waals surface area contributed by atoms with Crippen LogP contribution in [-0.2, 0) is 11.2 Å². The van der Waals surface area contributed by atoms with Gasteiger partial charge in [0.05, 0.1) is 0 Å². The summed E-state index contributed by atoms with van der Waals surface area (Å²) in [4.78, 5) is 40.5. The number of ketones is 1. The topological polar surface area (TPSA) is 102 Å². The number of pyridine rings is 1. The summed E-state index contributed by atoms with van der Waals surface area (Å²) in [5.41, 5.74) is 6.52. The highest BCUT2D eigenvalue weighted by molar-refractivity contribution is 6.01. The van der Waals surface area contributed by atoms with E-state index in [1.54, 1.807) is 50.2 Å². The Hall–Kier alpha value is -3.02. The first-order valence-corrected chi connectivity index (χ1v) is 8.02. The lowest BCUT2D eigenvalue weighted by Gasteiger charge is -2.19. The zero-order chi connectivity index (χ0) is 18.4. The van der Waals surface area contributed by atoms with Crippen molar-refractivity contribution in [3.63, 3.8) is 0 Å². The molecule has 0 radical (unpaired) electrons. The van der Waals surface area contributed by atoms with E-state index in [0.717, 1.165) is 0 Å². The molecular weight excluding hydrogens is 318 g/mol. The van der Waals surface area contributed by atoms with Crippen LogP contribution < -0.4 is 11.1 Å². The molecule has 2 amide bonds. The van der Waals surface area contributed by atoms with Crippen LogP contribution >= 0.6 is 0 Å². The van der Waals surface area contributed by atoms with E-state index in [1.807, 2.05) is 6.07 Å². The normalized spacial score (nSPS) is 11.8. The number of amides is 2. The molecule has 0 saturated carbocycles. The summed E-state index contributed by atoms with van der Waals surface area (Å²) < 4.78 is 0. The lowest BCUT2D eigenvalue weighted by Crippen LogP contribution is -2.48. The van der Waals surface area contributed by atoms with Gasteiger partial charge in [0.2, 0.25) is 5.91 Å². The molecule has 0 bridgehead atoms. The highest BCUT2D eigenvalue weighted by Gasteiger charge is 2.24. The maximum Gasteiger partial charge on any atom is 0.270 e. The molecule has 3 N–H and O–H groups in total. The zero-order valence-electron chi connectivity index (χ0n) is 14.2. The van der Waals surface area contributed by atoms with Gasteiger partial charge in [-0.05, 0) is 17.5 Å². The minimum absolute atomic E-state index is 0.0452.